The van der Waals surface area contributed by atoms with Gasteiger partial charge in [0.05, 0.1) is 20.1 Å². The SMILES string of the molecule is S=C(Nc1ccc(Cl)c(Cl)c1)SCc1ccc(Cl)c(Cl)c1. The van der Waals surface area contributed by atoms with Crippen molar-refractivity contribution in [3.05, 3.63) is 62.1 Å². The lowest BCUT2D eigenvalue weighted by atomic mass is 10.2. The Hall–Kier alpha value is -0.160. The second kappa shape index (κ2) is 7.91. The monoisotopic (exact) mass is 395 g/mol. The fourth-order valence-corrected chi connectivity index (χ4v) is 3.09. The van der Waals surface area contributed by atoms with Crippen molar-refractivity contribution >= 4 is 80.4 Å². The summed E-state index contributed by atoms with van der Waals surface area (Å²) in [7, 11) is 0. The van der Waals surface area contributed by atoms with Crippen LogP contribution in [0.5, 0.6) is 0 Å². The van der Waals surface area contributed by atoms with Crippen LogP contribution in [0, 0.1) is 0 Å². The van der Waals surface area contributed by atoms with Gasteiger partial charge < -0.3 is 5.32 Å². The molecule has 0 spiro atoms. The second-order valence-electron chi connectivity index (χ2n) is 4.08. The summed E-state index contributed by atoms with van der Waals surface area (Å²) < 4.78 is 0.638. The van der Waals surface area contributed by atoms with Crippen LogP contribution in [-0.2, 0) is 5.75 Å². The Bertz CT molecular complexity index is 676. The Morgan fingerprint density at radius 2 is 1.52 bits per heavy atom. The van der Waals surface area contributed by atoms with E-state index in [-0.39, 0.29) is 0 Å². The Labute approximate surface area is 152 Å². The van der Waals surface area contributed by atoms with Crippen LogP contribution in [0.1, 0.15) is 5.56 Å². The molecule has 2 aromatic rings. The van der Waals surface area contributed by atoms with Crippen molar-refractivity contribution in [1.29, 1.82) is 0 Å². The lowest BCUT2D eigenvalue weighted by Gasteiger charge is -2.09. The zero-order chi connectivity index (χ0) is 15.4. The molecule has 0 saturated carbocycles. The summed E-state index contributed by atoms with van der Waals surface area (Å²) in [4.78, 5) is 0. The van der Waals surface area contributed by atoms with Crippen molar-refractivity contribution in [3.63, 3.8) is 0 Å². The summed E-state index contributed by atoms with van der Waals surface area (Å²) in [5.41, 5.74) is 1.85. The van der Waals surface area contributed by atoms with E-state index in [9.17, 15) is 0 Å². The molecule has 1 N–H and O–H groups in total. The van der Waals surface area contributed by atoms with E-state index >= 15 is 0 Å². The number of hydrogen-bond acceptors (Lipinski definition) is 2. The molecule has 2 rings (SSSR count). The van der Waals surface area contributed by atoms with Gasteiger partial charge in [0.15, 0.2) is 0 Å². The zero-order valence-electron chi connectivity index (χ0n) is 10.5. The largest absolute Gasteiger partial charge is 0.341 e. The normalized spacial score (nSPS) is 10.5. The molecule has 7 heteroatoms. The van der Waals surface area contributed by atoms with Gasteiger partial charge in [0.2, 0.25) is 0 Å². The van der Waals surface area contributed by atoms with Crippen LogP contribution in [0.2, 0.25) is 20.1 Å². The molecular weight excluding hydrogens is 388 g/mol. The third-order valence-electron chi connectivity index (χ3n) is 2.52. The molecule has 2 aromatic carbocycles. The minimum absolute atomic E-state index is 0.485. The van der Waals surface area contributed by atoms with Crippen LogP contribution in [0.4, 0.5) is 5.69 Å². The molecule has 0 heterocycles. The van der Waals surface area contributed by atoms with Crippen LogP contribution in [0.15, 0.2) is 36.4 Å². The average Bonchev–Trinajstić information content (AvgIpc) is 2.44. The highest BCUT2D eigenvalue weighted by atomic mass is 35.5. The molecule has 0 fully saturated rings. The number of anilines is 1. The van der Waals surface area contributed by atoms with Gasteiger partial charge in [0.1, 0.15) is 4.32 Å². The van der Waals surface area contributed by atoms with E-state index in [0.29, 0.717) is 30.2 Å². The first-order valence-corrected chi connectivity index (χ1v) is 8.69. The molecule has 0 aromatic heterocycles. The summed E-state index contributed by atoms with van der Waals surface area (Å²) >= 11 is 30.4. The highest BCUT2D eigenvalue weighted by Gasteiger charge is 2.04. The van der Waals surface area contributed by atoms with Crippen LogP contribution < -0.4 is 5.32 Å². The predicted molar refractivity (Wildman–Crippen MR) is 100 cm³/mol. The van der Waals surface area contributed by atoms with E-state index in [4.69, 9.17) is 58.6 Å². The molecule has 0 aliphatic heterocycles. The van der Waals surface area contributed by atoms with Gasteiger partial charge in [-0.15, -0.1) is 0 Å². The van der Waals surface area contributed by atoms with Gasteiger partial charge in [-0.2, -0.15) is 0 Å². The first kappa shape index (κ1) is 17.2. The van der Waals surface area contributed by atoms with Crippen molar-refractivity contribution in [3.8, 4) is 0 Å². The lowest BCUT2D eigenvalue weighted by molar-refractivity contribution is 1.42. The van der Waals surface area contributed by atoms with Crippen molar-refractivity contribution in [2.75, 3.05) is 5.32 Å². The fraction of sp³-hybridized carbons (Fsp3) is 0.0714. The van der Waals surface area contributed by atoms with Crippen LogP contribution in [0.25, 0.3) is 0 Å². The van der Waals surface area contributed by atoms with Gasteiger partial charge in [0, 0.05) is 11.4 Å². The molecule has 0 aliphatic rings. The third-order valence-corrected chi connectivity index (χ3v) is 5.30. The Balaban J connectivity index is 1.92. The molecule has 0 amide bonds. The van der Waals surface area contributed by atoms with Crippen LogP contribution >= 0.6 is 70.4 Å². The molecule has 21 heavy (non-hydrogen) atoms. The van der Waals surface area contributed by atoms with E-state index in [1.807, 2.05) is 18.2 Å². The molecule has 0 unspecified atom stereocenters. The maximum absolute atomic E-state index is 5.97. The third kappa shape index (κ3) is 5.20. The first-order valence-electron chi connectivity index (χ1n) is 5.78. The van der Waals surface area contributed by atoms with Crippen molar-refractivity contribution in [2.24, 2.45) is 0 Å². The topological polar surface area (TPSA) is 12.0 Å². The maximum Gasteiger partial charge on any atom is 0.138 e. The summed E-state index contributed by atoms with van der Waals surface area (Å²) in [5, 5.41) is 5.18. The zero-order valence-corrected chi connectivity index (χ0v) is 15.2. The predicted octanol–water partition coefficient (Wildman–Crippen LogP) is 6.93. The molecule has 0 aliphatic carbocycles. The highest BCUT2D eigenvalue weighted by molar-refractivity contribution is 8.22. The molecule has 1 nitrogen and oxygen atoms in total. The smallest absolute Gasteiger partial charge is 0.138 e. The van der Waals surface area contributed by atoms with Gasteiger partial charge in [-0.1, -0.05) is 76.4 Å². The molecule has 0 bridgehead atoms. The minimum atomic E-state index is 0.485. The summed E-state index contributed by atoms with van der Waals surface area (Å²) in [6, 6.07) is 10.8. The van der Waals surface area contributed by atoms with Crippen molar-refractivity contribution in [2.45, 2.75) is 5.75 Å². The number of hydrogen-bond donors (Lipinski definition) is 1. The van der Waals surface area contributed by atoms with E-state index in [2.05, 4.69) is 5.32 Å². The van der Waals surface area contributed by atoms with E-state index in [1.54, 1.807) is 18.2 Å². The number of rotatable bonds is 3. The van der Waals surface area contributed by atoms with Gasteiger partial charge in [-0.05, 0) is 35.9 Å². The fourth-order valence-electron chi connectivity index (χ4n) is 1.51. The number of benzene rings is 2. The standard InChI is InChI=1S/C14H9Cl4NS2/c15-10-3-1-8(5-12(10)17)7-21-14(20)19-9-2-4-11(16)13(18)6-9/h1-6H,7H2,(H,19,20). The van der Waals surface area contributed by atoms with Gasteiger partial charge in [-0.3, -0.25) is 0 Å². The van der Waals surface area contributed by atoms with E-state index < -0.39 is 0 Å². The number of halogens is 4. The number of thiocarbonyl (C=S) groups is 1. The van der Waals surface area contributed by atoms with Crippen LogP contribution in [0.3, 0.4) is 0 Å². The summed E-state index contributed by atoms with van der Waals surface area (Å²) in [6.45, 7) is 0. The van der Waals surface area contributed by atoms with E-state index in [1.165, 1.54) is 11.8 Å². The first-order chi connectivity index (χ1) is 9.95. The Kier molecular flexibility index (Phi) is 6.48. The molecule has 0 saturated heterocycles. The summed E-state index contributed by atoms with van der Waals surface area (Å²) in [5.74, 6) is 0.698. The quantitative estimate of drug-likeness (QED) is 0.564. The number of nitrogens with one attached hydrogen (secondary N) is 1. The van der Waals surface area contributed by atoms with Crippen molar-refractivity contribution in [1.82, 2.24) is 0 Å². The van der Waals surface area contributed by atoms with Gasteiger partial charge in [0.25, 0.3) is 0 Å². The van der Waals surface area contributed by atoms with E-state index in [0.717, 1.165) is 11.3 Å². The van der Waals surface area contributed by atoms with Gasteiger partial charge in [-0.25, -0.2) is 0 Å². The molecule has 110 valence electrons. The Morgan fingerprint density at radius 1 is 0.905 bits per heavy atom. The summed E-state index contributed by atoms with van der Waals surface area (Å²) in [6.07, 6.45) is 0. The Morgan fingerprint density at radius 3 is 2.14 bits per heavy atom. The lowest BCUT2D eigenvalue weighted by Crippen LogP contribution is -2.04. The second-order valence-corrected chi connectivity index (χ2v) is 7.36. The minimum Gasteiger partial charge on any atom is -0.341 e. The number of thioether (sulfide) groups is 1. The molecule has 0 atom stereocenters. The van der Waals surface area contributed by atoms with Crippen molar-refractivity contribution < 1.29 is 0 Å². The average molecular weight is 397 g/mol. The maximum atomic E-state index is 5.97. The molecule has 0 radical (unpaired) electrons. The highest BCUT2D eigenvalue weighted by Crippen LogP contribution is 2.27. The van der Waals surface area contributed by atoms with Gasteiger partial charge >= 0.3 is 0 Å². The van der Waals surface area contributed by atoms with Crippen LogP contribution in [-0.4, -0.2) is 4.32 Å². The molecular formula is C14H9Cl4NS2.